The van der Waals surface area contributed by atoms with Gasteiger partial charge >= 0.3 is 6.09 Å². The Hall–Kier alpha value is -3.02. The molecule has 5 N–H and O–H groups in total. The smallest absolute Gasteiger partial charge is 0.404 e. The van der Waals surface area contributed by atoms with Crippen molar-refractivity contribution in [3.05, 3.63) is 46.8 Å². The summed E-state index contributed by atoms with van der Waals surface area (Å²) in [6.07, 6.45) is -0.966. The third kappa shape index (κ3) is 3.06. The highest BCUT2D eigenvalue weighted by atomic mass is 32.2. The largest absolute Gasteiger partial charge is 0.496 e. The fourth-order valence-corrected chi connectivity index (χ4v) is 6.33. The van der Waals surface area contributed by atoms with Crippen molar-refractivity contribution in [1.29, 1.82) is 0 Å². The summed E-state index contributed by atoms with van der Waals surface area (Å²) in [6.45, 7) is 0.303. The number of carbonyl (C=O) groups excluding carboxylic acids is 3. The van der Waals surface area contributed by atoms with Crippen LogP contribution in [0.15, 0.2) is 51.7 Å². The SMILES string of the molecule is COc1ccccc1SCC1=C(N)C(=O)C2=C(C1=O)N1C[C@@H]3N[C@@H]3[C@]1(OC)[C@@H]2COC(N)=O. The molecule has 10 nitrogen and oxygen atoms in total. The lowest BCUT2D eigenvalue weighted by atomic mass is 9.82. The molecule has 1 aliphatic carbocycles. The molecule has 4 aliphatic rings. The van der Waals surface area contributed by atoms with Crippen molar-refractivity contribution in [2.75, 3.05) is 33.1 Å². The van der Waals surface area contributed by atoms with Gasteiger partial charge in [0.15, 0.2) is 5.72 Å². The van der Waals surface area contributed by atoms with Gasteiger partial charge in [0.1, 0.15) is 12.4 Å². The van der Waals surface area contributed by atoms with Crippen molar-refractivity contribution in [3.63, 3.8) is 0 Å². The molecule has 174 valence electrons. The predicted octanol–water partition coefficient (Wildman–Crippen LogP) is 0.130. The number of nitrogens with two attached hydrogens (primary N) is 2. The van der Waals surface area contributed by atoms with Crippen LogP contribution in [0.25, 0.3) is 0 Å². The number of para-hydroxylation sites is 1. The standard InChI is InChI=1S/C22H24N4O6S/c1-30-13-5-3-4-6-14(13)33-9-10-16(23)19(28)15-11(8-32-21(24)29)22(31-2)20-12(25-20)7-26(22)17(15)18(10)27/h3-6,11-12,20,25H,7-9,23H2,1-2H3,(H2,24,29)/t11-,12+,20+,22-/m1/s1. The Bertz CT molecular complexity index is 1130. The highest BCUT2D eigenvalue weighted by Gasteiger charge is 2.72. The van der Waals surface area contributed by atoms with E-state index in [-0.39, 0.29) is 52.8 Å². The number of hydrogen-bond acceptors (Lipinski definition) is 10. The first-order valence-corrected chi connectivity index (χ1v) is 11.4. The number of ketones is 2. The second-order valence-corrected chi connectivity index (χ2v) is 9.27. The van der Waals surface area contributed by atoms with Gasteiger partial charge in [-0.1, -0.05) is 12.1 Å². The Labute approximate surface area is 194 Å². The van der Waals surface area contributed by atoms with E-state index in [1.807, 2.05) is 29.2 Å². The fourth-order valence-electron chi connectivity index (χ4n) is 5.27. The van der Waals surface area contributed by atoms with Gasteiger partial charge in [0.25, 0.3) is 0 Å². The number of primary amides is 1. The van der Waals surface area contributed by atoms with Gasteiger partial charge < -0.3 is 35.9 Å². The van der Waals surface area contributed by atoms with E-state index >= 15 is 0 Å². The van der Waals surface area contributed by atoms with E-state index < -0.39 is 23.5 Å². The maximum Gasteiger partial charge on any atom is 0.404 e. The molecular formula is C22H24N4O6S. The van der Waals surface area contributed by atoms with Crippen molar-refractivity contribution in [1.82, 2.24) is 10.2 Å². The molecule has 33 heavy (non-hydrogen) atoms. The number of ether oxygens (including phenoxy) is 3. The van der Waals surface area contributed by atoms with Crippen LogP contribution in [0.3, 0.4) is 0 Å². The predicted molar refractivity (Wildman–Crippen MR) is 118 cm³/mol. The van der Waals surface area contributed by atoms with E-state index in [1.54, 1.807) is 7.11 Å². The molecule has 4 atom stereocenters. The summed E-state index contributed by atoms with van der Waals surface area (Å²) in [5.41, 5.74) is 11.0. The second-order valence-electron chi connectivity index (χ2n) is 8.25. The maximum atomic E-state index is 13.7. The summed E-state index contributed by atoms with van der Waals surface area (Å²) < 4.78 is 16.4. The van der Waals surface area contributed by atoms with Gasteiger partial charge in [-0.05, 0) is 12.1 Å². The molecule has 5 rings (SSSR count). The number of rotatable bonds is 7. The number of nitrogens with one attached hydrogen (secondary N) is 1. The lowest BCUT2D eigenvalue weighted by Crippen LogP contribution is -2.55. The van der Waals surface area contributed by atoms with Gasteiger partial charge in [-0.25, -0.2) is 4.79 Å². The van der Waals surface area contributed by atoms with E-state index in [0.29, 0.717) is 12.3 Å². The van der Waals surface area contributed by atoms with Gasteiger partial charge in [-0.2, -0.15) is 0 Å². The van der Waals surface area contributed by atoms with E-state index in [9.17, 15) is 14.4 Å². The Morgan fingerprint density at radius 1 is 1.27 bits per heavy atom. The molecule has 3 heterocycles. The Kier molecular flexibility index (Phi) is 5.15. The van der Waals surface area contributed by atoms with Gasteiger partial charge in [0, 0.05) is 41.5 Å². The van der Waals surface area contributed by atoms with Crippen LogP contribution >= 0.6 is 11.8 Å². The Morgan fingerprint density at radius 3 is 2.73 bits per heavy atom. The lowest BCUT2D eigenvalue weighted by Gasteiger charge is -2.39. The maximum absolute atomic E-state index is 13.7. The number of benzene rings is 1. The topological polar surface area (TPSA) is 156 Å². The number of piperazine rings is 1. The zero-order valence-corrected chi connectivity index (χ0v) is 18.9. The molecule has 1 amide bonds. The summed E-state index contributed by atoms with van der Waals surface area (Å²) in [6, 6.07) is 7.43. The fraction of sp³-hybridized carbons (Fsp3) is 0.409. The van der Waals surface area contributed by atoms with E-state index in [0.717, 1.165) is 4.90 Å². The molecule has 2 saturated heterocycles. The zero-order valence-electron chi connectivity index (χ0n) is 18.1. The van der Waals surface area contributed by atoms with Gasteiger partial charge in [-0.3, -0.25) is 9.59 Å². The summed E-state index contributed by atoms with van der Waals surface area (Å²) in [5, 5.41) is 3.32. The molecule has 11 heteroatoms. The third-order valence-corrected chi connectivity index (χ3v) is 7.85. The number of carbonyl (C=O) groups is 3. The van der Waals surface area contributed by atoms with Crippen LogP contribution in [-0.4, -0.2) is 73.5 Å². The van der Waals surface area contributed by atoms with E-state index in [2.05, 4.69) is 5.32 Å². The Balaban J connectivity index is 1.49. The average Bonchev–Trinajstić information content (AvgIpc) is 3.42. The normalized spacial score (nSPS) is 29.8. The highest BCUT2D eigenvalue weighted by molar-refractivity contribution is 7.99. The minimum Gasteiger partial charge on any atom is -0.496 e. The van der Waals surface area contributed by atoms with Crippen molar-refractivity contribution >= 4 is 29.4 Å². The van der Waals surface area contributed by atoms with E-state index in [4.69, 9.17) is 25.7 Å². The molecule has 1 aromatic rings. The molecule has 2 fully saturated rings. The minimum atomic E-state index is -1.03. The number of hydrogen-bond donors (Lipinski definition) is 3. The molecule has 0 radical (unpaired) electrons. The summed E-state index contributed by atoms with van der Waals surface area (Å²) in [4.78, 5) is 41.2. The molecule has 0 unspecified atom stereocenters. The van der Waals surface area contributed by atoms with Gasteiger partial charge in [0.05, 0.1) is 30.5 Å². The number of methoxy groups -OCH3 is 2. The van der Waals surface area contributed by atoms with Crippen LogP contribution in [0.1, 0.15) is 0 Å². The molecule has 0 saturated carbocycles. The average molecular weight is 473 g/mol. The van der Waals surface area contributed by atoms with Crippen LogP contribution in [0.4, 0.5) is 4.79 Å². The number of fused-ring (bicyclic) bond motifs is 4. The highest BCUT2D eigenvalue weighted by Crippen LogP contribution is 2.55. The van der Waals surface area contributed by atoms with Gasteiger partial charge in [0.2, 0.25) is 11.6 Å². The van der Waals surface area contributed by atoms with Crippen LogP contribution < -0.4 is 21.5 Å². The van der Waals surface area contributed by atoms with Crippen molar-refractivity contribution in [2.24, 2.45) is 17.4 Å². The summed E-state index contributed by atoms with van der Waals surface area (Å²) in [5.74, 6) is -0.581. The van der Waals surface area contributed by atoms with Crippen LogP contribution in [0.2, 0.25) is 0 Å². The Morgan fingerprint density at radius 2 is 2.03 bits per heavy atom. The van der Waals surface area contributed by atoms with Crippen LogP contribution in [0.5, 0.6) is 5.75 Å². The lowest BCUT2D eigenvalue weighted by molar-refractivity contribution is -0.137. The monoisotopic (exact) mass is 472 g/mol. The van der Waals surface area contributed by atoms with Crippen molar-refractivity contribution in [3.8, 4) is 5.75 Å². The molecule has 0 bridgehead atoms. The first kappa shape index (κ1) is 21.8. The molecule has 0 aromatic heterocycles. The molecular weight excluding hydrogens is 448 g/mol. The third-order valence-electron chi connectivity index (χ3n) is 6.77. The molecule has 1 aromatic carbocycles. The van der Waals surface area contributed by atoms with Crippen LogP contribution in [0, 0.1) is 5.92 Å². The minimum absolute atomic E-state index is 0.0991. The van der Waals surface area contributed by atoms with E-state index in [1.165, 1.54) is 18.9 Å². The number of nitrogens with zero attached hydrogens (tertiary/aromatic N) is 1. The molecule has 0 spiro atoms. The number of thioether (sulfide) groups is 1. The zero-order chi connectivity index (χ0) is 23.5. The van der Waals surface area contributed by atoms with Crippen molar-refractivity contribution in [2.45, 2.75) is 22.7 Å². The van der Waals surface area contributed by atoms with Crippen molar-refractivity contribution < 1.29 is 28.6 Å². The molecule has 3 aliphatic heterocycles. The number of Topliss-reactive ketones (excluding diaryl/α,β-unsaturated/α-hetero) is 2. The number of allylic oxidation sites excluding steroid dienone is 2. The second kappa shape index (κ2) is 7.79. The first-order chi connectivity index (χ1) is 15.8. The van der Waals surface area contributed by atoms with Crippen LogP contribution in [-0.2, 0) is 19.1 Å². The quantitative estimate of drug-likeness (QED) is 0.283. The van der Waals surface area contributed by atoms with Gasteiger partial charge in [-0.15, -0.1) is 11.8 Å². The summed E-state index contributed by atoms with van der Waals surface area (Å²) in [7, 11) is 3.10. The number of amides is 1. The first-order valence-electron chi connectivity index (χ1n) is 10.4. The summed E-state index contributed by atoms with van der Waals surface area (Å²) >= 11 is 1.37.